The van der Waals surface area contributed by atoms with Crippen LogP contribution in [0.25, 0.3) is 0 Å². The minimum atomic E-state index is -0.738. The third-order valence-corrected chi connectivity index (χ3v) is 5.48. The molecule has 0 saturated heterocycles. The van der Waals surface area contributed by atoms with Crippen LogP contribution >= 0.6 is 11.8 Å². The summed E-state index contributed by atoms with van der Waals surface area (Å²) in [4.78, 5) is 48.7. The Hall–Kier alpha value is -4.05. The minimum absolute atomic E-state index is 0.00136. The van der Waals surface area contributed by atoms with E-state index in [2.05, 4.69) is 0 Å². The zero-order valence-corrected chi connectivity index (χ0v) is 15.9. The molecule has 0 radical (unpaired) electrons. The second-order valence-electron chi connectivity index (χ2n) is 6.25. The first-order valence-corrected chi connectivity index (χ1v) is 9.37. The molecule has 3 aromatic carbocycles. The number of anilines is 1. The van der Waals surface area contributed by atoms with E-state index in [1.54, 1.807) is 36.4 Å². The van der Waals surface area contributed by atoms with E-state index in [1.807, 2.05) is 0 Å². The second kappa shape index (κ2) is 7.41. The Morgan fingerprint density at radius 3 is 1.90 bits per heavy atom. The molecule has 1 heterocycles. The van der Waals surface area contributed by atoms with Crippen LogP contribution in [-0.4, -0.2) is 21.7 Å². The summed E-state index contributed by atoms with van der Waals surface area (Å²) in [6.07, 6.45) is 0. The topological polar surface area (TPSA) is 124 Å². The Labute approximate surface area is 173 Å². The van der Waals surface area contributed by atoms with Gasteiger partial charge in [-0.1, -0.05) is 17.8 Å². The Morgan fingerprint density at radius 2 is 1.33 bits per heavy atom. The number of nitrogens with zero attached hydrogens (tertiary/aromatic N) is 3. The lowest BCUT2D eigenvalue weighted by Crippen LogP contribution is -2.29. The van der Waals surface area contributed by atoms with Gasteiger partial charge in [0.2, 0.25) is 0 Å². The number of rotatable bonds is 5. The van der Waals surface area contributed by atoms with Gasteiger partial charge < -0.3 is 0 Å². The maximum Gasteiger partial charge on any atom is 0.283 e. The highest BCUT2D eigenvalue weighted by Crippen LogP contribution is 2.35. The number of hydrogen-bond acceptors (Lipinski definition) is 7. The molecule has 0 atom stereocenters. The zero-order valence-electron chi connectivity index (χ0n) is 15.1. The number of benzene rings is 3. The molecule has 0 N–H and O–H groups in total. The van der Waals surface area contributed by atoms with Gasteiger partial charge in [-0.2, -0.15) is 0 Å². The molecule has 2 amide bonds. The molecular formula is C20H11N3O6S. The van der Waals surface area contributed by atoms with Gasteiger partial charge >= 0.3 is 0 Å². The van der Waals surface area contributed by atoms with E-state index in [1.165, 1.54) is 42.1 Å². The van der Waals surface area contributed by atoms with Crippen molar-refractivity contribution in [2.75, 3.05) is 4.90 Å². The number of nitro benzene ring substituents is 2. The summed E-state index contributed by atoms with van der Waals surface area (Å²) < 4.78 is 0. The highest BCUT2D eigenvalue weighted by atomic mass is 32.2. The maximum atomic E-state index is 12.7. The van der Waals surface area contributed by atoms with E-state index >= 15 is 0 Å². The molecule has 0 aliphatic carbocycles. The molecule has 9 nitrogen and oxygen atoms in total. The molecule has 0 spiro atoms. The van der Waals surface area contributed by atoms with Crippen LogP contribution in [0, 0.1) is 20.2 Å². The van der Waals surface area contributed by atoms with Gasteiger partial charge in [0.25, 0.3) is 23.2 Å². The third kappa shape index (κ3) is 3.29. The first kappa shape index (κ1) is 19.3. The average Bonchev–Trinajstić information content (AvgIpc) is 2.99. The van der Waals surface area contributed by atoms with Crippen LogP contribution < -0.4 is 4.90 Å². The van der Waals surface area contributed by atoms with Gasteiger partial charge in [-0.05, 0) is 42.5 Å². The van der Waals surface area contributed by atoms with Crippen molar-refractivity contribution in [1.82, 2.24) is 0 Å². The Bertz CT molecular complexity index is 1210. The fourth-order valence-corrected chi connectivity index (χ4v) is 3.91. The van der Waals surface area contributed by atoms with E-state index in [0.29, 0.717) is 5.69 Å². The SMILES string of the molecule is O=C1c2cccc([N+](=O)[O-])c2C(=O)N1c1ccc(Sc2ccc([N+](=O)[O-])cc2)cc1. The molecule has 1 aliphatic rings. The van der Waals surface area contributed by atoms with Crippen LogP contribution in [-0.2, 0) is 0 Å². The molecule has 3 aromatic rings. The van der Waals surface area contributed by atoms with E-state index in [0.717, 1.165) is 14.7 Å². The largest absolute Gasteiger partial charge is 0.283 e. The summed E-state index contributed by atoms with van der Waals surface area (Å²) in [6, 6.07) is 16.5. The molecule has 4 rings (SSSR count). The molecular weight excluding hydrogens is 410 g/mol. The first-order valence-electron chi connectivity index (χ1n) is 8.55. The van der Waals surface area contributed by atoms with Crippen molar-refractivity contribution >= 4 is 40.6 Å². The second-order valence-corrected chi connectivity index (χ2v) is 7.40. The van der Waals surface area contributed by atoms with Crippen molar-refractivity contribution in [3.05, 3.63) is 98.1 Å². The monoisotopic (exact) mass is 421 g/mol. The predicted octanol–water partition coefficient (Wildman–Crippen LogP) is 4.45. The van der Waals surface area contributed by atoms with E-state index in [9.17, 15) is 29.8 Å². The number of carbonyl (C=O) groups is 2. The first-order chi connectivity index (χ1) is 14.4. The molecule has 30 heavy (non-hydrogen) atoms. The van der Waals surface area contributed by atoms with E-state index < -0.39 is 27.3 Å². The van der Waals surface area contributed by atoms with Crippen LogP contribution in [0.1, 0.15) is 20.7 Å². The van der Waals surface area contributed by atoms with Crippen LogP contribution in [0.5, 0.6) is 0 Å². The predicted molar refractivity (Wildman–Crippen MR) is 108 cm³/mol. The lowest BCUT2D eigenvalue weighted by Gasteiger charge is -2.14. The van der Waals surface area contributed by atoms with E-state index in [-0.39, 0.29) is 16.8 Å². The number of hydrogen-bond donors (Lipinski definition) is 0. The van der Waals surface area contributed by atoms with Crippen LogP contribution in [0.15, 0.2) is 76.5 Å². The highest BCUT2D eigenvalue weighted by molar-refractivity contribution is 7.99. The van der Waals surface area contributed by atoms with Crippen molar-refractivity contribution in [1.29, 1.82) is 0 Å². The summed E-state index contributed by atoms with van der Waals surface area (Å²) >= 11 is 1.35. The normalized spacial score (nSPS) is 12.7. The molecule has 0 saturated carbocycles. The molecule has 0 aromatic heterocycles. The fraction of sp³-hybridized carbons (Fsp3) is 0. The smallest absolute Gasteiger partial charge is 0.268 e. The Morgan fingerprint density at radius 1 is 0.733 bits per heavy atom. The van der Waals surface area contributed by atoms with Crippen molar-refractivity contribution in [3.63, 3.8) is 0 Å². The molecule has 0 fully saturated rings. The maximum absolute atomic E-state index is 12.7. The molecule has 1 aliphatic heterocycles. The third-order valence-electron chi connectivity index (χ3n) is 4.47. The van der Waals surface area contributed by atoms with Gasteiger partial charge in [0.15, 0.2) is 0 Å². The number of non-ortho nitro benzene ring substituents is 1. The standard InChI is InChI=1S/C20H11N3O6S/c24-19-16-2-1-3-17(23(28)29)18(16)20(25)21(19)12-4-8-14(9-5-12)30-15-10-6-13(7-11-15)22(26)27/h1-11H. The lowest BCUT2D eigenvalue weighted by atomic mass is 10.1. The summed E-state index contributed by atoms with van der Waals surface area (Å²) in [5.74, 6) is -1.35. The van der Waals surface area contributed by atoms with Gasteiger partial charge in [-0.25, -0.2) is 4.90 Å². The molecule has 0 unspecified atom stereocenters. The lowest BCUT2D eigenvalue weighted by molar-refractivity contribution is -0.385. The van der Waals surface area contributed by atoms with Gasteiger partial charge in [-0.15, -0.1) is 0 Å². The number of carbonyl (C=O) groups excluding carboxylic acids is 2. The van der Waals surface area contributed by atoms with Crippen molar-refractivity contribution < 1.29 is 19.4 Å². The van der Waals surface area contributed by atoms with Gasteiger partial charge in [-0.3, -0.25) is 29.8 Å². The van der Waals surface area contributed by atoms with Crippen molar-refractivity contribution in [2.45, 2.75) is 9.79 Å². The van der Waals surface area contributed by atoms with Gasteiger partial charge in [0.05, 0.1) is 21.1 Å². The van der Waals surface area contributed by atoms with Gasteiger partial charge in [0, 0.05) is 28.0 Å². The number of amides is 2. The summed E-state index contributed by atoms with van der Waals surface area (Å²) in [5.41, 5.74) is -0.327. The highest BCUT2D eigenvalue weighted by Gasteiger charge is 2.41. The zero-order chi connectivity index (χ0) is 21.4. The van der Waals surface area contributed by atoms with Crippen LogP contribution in [0.3, 0.4) is 0 Å². The van der Waals surface area contributed by atoms with Crippen LogP contribution in [0.4, 0.5) is 17.1 Å². The van der Waals surface area contributed by atoms with Crippen LogP contribution in [0.2, 0.25) is 0 Å². The molecule has 0 bridgehead atoms. The van der Waals surface area contributed by atoms with Crippen molar-refractivity contribution in [2.24, 2.45) is 0 Å². The van der Waals surface area contributed by atoms with Crippen molar-refractivity contribution in [3.8, 4) is 0 Å². The summed E-state index contributed by atoms with van der Waals surface area (Å²) in [7, 11) is 0. The number of fused-ring (bicyclic) bond motifs is 1. The van der Waals surface area contributed by atoms with E-state index in [4.69, 9.17) is 0 Å². The fourth-order valence-electron chi connectivity index (χ4n) is 3.09. The number of nitro groups is 2. The Balaban J connectivity index is 1.58. The molecule has 10 heteroatoms. The molecule has 148 valence electrons. The number of imide groups is 1. The quantitative estimate of drug-likeness (QED) is 0.338. The Kier molecular flexibility index (Phi) is 4.76. The van der Waals surface area contributed by atoms with Gasteiger partial charge in [0.1, 0.15) is 5.56 Å². The summed E-state index contributed by atoms with van der Waals surface area (Å²) in [6.45, 7) is 0. The minimum Gasteiger partial charge on any atom is -0.268 e. The average molecular weight is 421 g/mol. The summed E-state index contributed by atoms with van der Waals surface area (Å²) in [5, 5.41) is 21.9.